The number of ether oxygens (including phenoxy) is 1. The van der Waals surface area contributed by atoms with Gasteiger partial charge in [-0.1, -0.05) is 48.0 Å². The lowest BCUT2D eigenvalue weighted by Gasteiger charge is -2.04. The Morgan fingerprint density at radius 3 is 2.71 bits per heavy atom. The molecule has 0 bridgehead atoms. The minimum atomic E-state index is -0.506. The first-order valence-electron chi connectivity index (χ1n) is 7.45. The molecule has 0 fully saturated rings. The molecule has 1 aromatic heterocycles. The molecule has 0 radical (unpaired) electrons. The first-order valence-corrected chi connectivity index (χ1v) is 7.45. The number of carbonyl (C=O) groups is 1. The number of benzene rings is 2. The van der Waals surface area contributed by atoms with E-state index in [0.29, 0.717) is 16.8 Å². The van der Waals surface area contributed by atoms with Crippen LogP contribution >= 0.6 is 0 Å². The van der Waals surface area contributed by atoms with Gasteiger partial charge in [-0.15, -0.1) is 0 Å². The molecule has 3 aromatic rings. The van der Waals surface area contributed by atoms with Crippen molar-refractivity contribution in [3.8, 4) is 17.3 Å². The average molecular weight is 317 g/mol. The molecule has 24 heavy (non-hydrogen) atoms. The van der Waals surface area contributed by atoms with E-state index in [4.69, 9.17) is 10.00 Å². The predicted molar refractivity (Wildman–Crippen MR) is 89.0 cm³/mol. The van der Waals surface area contributed by atoms with Crippen LogP contribution in [0.5, 0.6) is 0 Å². The van der Waals surface area contributed by atoms with Gasteiger partial charge >= 0.3 is 5.97 Å². The van der Waals surface area contributed by atoms with Gasteiger partial charge in [0.15, 0.2) is 0 Å². The molecule has 1 N–H and O–H groups in total. The van der Waals surface area contributed by atoms with Crippen molar-refractivity contribution >= 4 is 5.97 Å². The van der Waals surface area contributed by atoms with Crippen molar-refractivity contribution in [1.29, 1.82) is 5.26 Å². The highest BCUT2D eigenvalue weighted by Gasteiger charge is 2.13. The predicted octanol–water partition coefficient (Wildman–Crippen LogP) is 3.61. The molecule has 0 saturated heterocycles. The van der Waals surface area contributed by atoms with Crippen LogP contribution in [-0.4, -0.2) is 16.2 Å². The number of esters is 1. The third-order valence-corrected chi connectivity index (χ3v) is 3.64. The van der Waals surface area contributed by atoms with Crippen LogP contribution in [0.25, 0.3) is 11.3 Å². The number of aromatic amines is 1. The molecule has 0 aliphatic rings. The Labute approximate surface area is 139 Å². The number of hydrogen-bond acceptors (Lipinski definition) is 4. The summed E-state index contributed by atoms with van der Waals surface area (Å²) in [6, 6.07) is 18.6. The summed E-state index contributed by atoms with van der Waals surface area (Å²) >= 11 is 0. The molecular weight excluding hydrogens is 302 g/mol. The Balaban J connectivity index is 1.70. The zero-order valence-electron chi connectivity index (χ0n) is 13.1. The number of rotatable bonds is 4. The molecule has 118 valence electrons. The summed E-state index contributed by atoms with van der Waals surface area (Å²) in [6.45, 7) is 2.05. The van der Waals surface area contributed by atoms with E-state index in [2.05, 4.69) is 16.3 Å². The van der Waals surface area contributed by atoms with Gasteiger partial charge in [-0.3, -0.25) is 5.10 Å². The summed E-state index contributed by atoms with van der Waals surface area (Å²) in [5, 5.41) is 15.9. The SMILES string of the molecule is Cc1ccc(-c2cc(C(=O)OCc3ccccc3C#N)[nH]n2)cc1. The number of nitrogens with one attached hydrogen (secondary N) is 1. The van der Waals surface area contributed by atoms with Crippen LogP contribution in [0.15, 0.2) is 54.6 Å². The lowest BCUT2D eigenvalue weighted by molar-refractivity contribution is 0.0465. The third kappa shape index (κ3) is 3.33. The van der Waals surface area contributed by atoms with E-state index in [0.717, 1.165) is 11.1 Å². The van der Waals surface area contributed by atoms with Crippen LogP contribution in [0, 0.1) is 18.3 Å². The van der Waals surface area contributed by atoms with E-state index in [1.165, 1.54) is 0 Å². The molecule has 0 unspecified atom stereocenters. The number of nitriles is 1. The highest BCUT2D eigenvalue weighted by Crippen LogP contribution is 2.19. The monoisotopic (exact) mass is 317 g/mol. The smallest absolute Gasteiger partial charge is 0.356 e. The van der Waals surface area contributed by atoms with Crippen molar-refractivity contribution in [3.63, 3.8) is 0 Å². The maximum absolute atomic E-state index is 12.1. The second-order valence-electron chi connectivity index (χ2n) is 5.38. The zero-order chi connectivity index (χ0) is 16.9. The molecule has 5 heteroatoms. The Morgan fingerprint density at radius 1 is 1.21 bits per heavy atom. The van der Waals surface area contributed by atoms with Crippen LogP contribution in [0.4, 0.5) is 0 Å². The highest BCUT2D eigenvalue weighted by molar-refractivity contribution is 5.88. The van der Waals surface area contributed by atoms with Crippen molar-refractivity contribution < 1.29 is 9.53 Å². The Morgan fingerprint density at radius 2 is 1.96 bits per heavy atom. The van der Waals surface area contributed by atoms with Crippen LogP contribution in [0.3, 0.4) is 0 Å². The molecule has 2 aromatic carbocycles. The zero-order valence-corrected chi connectivity index (χ0v) is 13.1. The first-order chi connectivity index (χ1) is 11.7. The third-order valence-electron chi connectivity index (χ3n) is 3.64. The van der Waals surface area contributed by atoms with E-state index >= 15 is 0 Å². The van der Waals surface area contributed by atoms with Gasteiger partial charge < -0.3 is 4.74 Å². The fourth-order valence-electron chi connectivity index (χ4n) is 2.27. The Hall–Kier alpha value is -3.39. The average Bonchev–Trinajstić information content (AvgIpc) is 3.10. The van der Waals surface area contributed by atoms with Crippen molar-refractivity contribution in [2.24, 2.45) is 0 Å². The minimum absolute atomic E-state index is 0.0431. The lowest BCUT2D eigenvalue weighted by Crippen LogP contribution is -2.06. The Bertz CT molecular complexity index is 905. The second kappa shape index (κ2) is 6.80. The van der Waals surface area contributed by atoms with Gasteiger partial charge in [-0.25, -0.2) is 4.79 Å². The quantitative estimate of drug-likeness (QED) is 0.745. The van der Waals surface area contributed by atoms with Crippen molar-refractivity contribution in [2.45, 2.75) is 13.5 Å². The van der Waals surface area contributed by atoms with Gasteiger partial charge in [0.1, 0.15) is 12.3 Å². The van der Waals surface area contributed by atoms with Gasteiger partial charge in [-0.05, 0) is 19.1 Å². The van der Waals surface area contributed by atoms with Crippen molar-refractivity contribution in [3.05, 3.63) is 77.0 Å². The van der Waals surface area contributed by atoms with Crippen LogP contribution < -0.4 is 0 Å². The Kier molecular flexibility index (Phi) is 4.39. The summed E-state index contributed by atoms with van der Waals surface area (Å²) in [5.74, 6) is -0.506. The van der Waals surface area contributed by atoms with E-state index in [1.54, 1.807) is 30.3 Å². The second-order valence-corrected chi connectivity index (χ2v) is 5.38. The summed E-state index contributed by atoms with van der Waals surface area (Å²) in [5.41, 5.74) is 4.21. The number of aromatic nitrogens is 2. The molecule has 0 amide bonds. The van der Waals surface area contributed by atoms with E-state index in [9.17, 15) is 4.79 Å². The van der Waals surface area contributed by atoms with Gasteiger partial charge in [0, 0.05) is 11.1 Å². The largest absolute Gasteiger partial charge is 0.456 e. The van der Waals surface area contributed by atoms with Gasteiger partial charge in [-0.2, -0.15) is 10.4 Å². The molecule has 3 rings (SSSR count). The summed E-state index contributed by atoms with van der Waals surface area (Å²) in [6.07, 6.45) is 0. The number of hydrogen-bond donors (Lipinski definition) is 1. The van der Waals surface area contributed by atoms with Gasteiger partial charge in [0.25, 0.3) is 0 Å². The fraction of sp³-hybridized carbons (Fsp3) is 0.105. The number of carbonyl (C=O) groups excluding carboxylic acids is 1. The molecule has 0 spiro atoms. The van der Waals surface area contributed by atoms with E-state index in [1.807, 2.05) is 31.2 Å². The molecule has 0 saturated carbocycles. The maximum Gasteiger partial charge on any atom is 0.356 e. The number of nitrogens with zero attached hydrogens (tertiary/aromatic N) is 2. The van der Waals surface area contributed by atoms with E-state index < -0.39 is 5.97 Å². The van der Waals surface area contributed by atoms with Crippen molar-refractivity contribution in [2.75, 3.05) is 0 Å². The molecule has 0 aliphatic heterocycles. The van der Waals surface area contributed by atoms with Crippen LogP contribution in [-0.2, 0) is 11.3 Å². The highest BCUT2D eigenvalue weighted by atomic mass is 16.5. The summed E-state index contributed by atoms with van der Waals surface area (Å²) in [7, 11) is 0. The minimum Gasteiger partial charge on any atom is -0.456 e. The van der Waals surface area contributed by atoms with Crippen LogP contribution in [0.2, 0.25) is 0 Å². The maximum atomic E-state index is 12.1. The molecule has 0 atom stereocenters. The van der Waals surface area contributed by atoms with Gasteiger partial charge in [0.05, 0.1) is 17.3 Å². The van der Waals surface area contributed by atoms with Gasteiger partial charge in [0.2, 0.25) is 0 Å². The number of H-pyrrole nitrogens is 1. The van der Waals surface area contributed by atoms with E-state index in [-0.39, 0.29) is 12.3 Å². The fourth-order valence-corrected chi connectivity index (χ4v) is 2.27. The molecule has 0 aliphatic carbocycles. The molecule has 1 heterocycles. The van der Waals surface area contributed by atoms with Crippen molar-refractivity contribution in [1.82, 2.24) is 10.2 Å². The van der Waals surface area contributed by atoms with Crippen LogP contribution in [0.1, 0.15) is 27.2 Å². The lowest BCUT2D eigenvalue weighted by atomic mass is 10.1. The molecular formula is C19H15N3O2. The first kappa shape index (κ1) is 15.5. The number of aryl methyl sites for hydroxylation is 1. The topological polar surface area (TPSA) is 78.8 Å². The summed E-state index contributed by atoms with van der Waals surface area (Å²) < 4.78 is 5.26. The standard InChI is InChI=1S/C19H15N3O2/c1-13-6-8-14(9-7-13)17-10-18(22-21-17)19(23)24-12-16-5-3-2-4-15(16)11-20/h2-10H,12H2,1H3,(H,21,22). The molecule has 5 nitrogen and oxygen atoms in total. The normalized spacial score (nSPS) is 10.2. The summed E-state index contributed by atoms with van der Waals surface area (Å²) in [4.78, 5) is 12.1.